The van der Waals surface area contributed by atoms with Crippen LogP contribution in [0.3, 0.4) is 0 Å². The fraction of sp³-hybridized carbons (Fsp3) is 0.296. The van der Waals surface area contributed by atoms with Gasteiger partial charge >= 0.3 is 0 Å². The molecular weight excluding hydrogens is 366 g/mol. The van der Waals surface area contributed by atoms with Gasteiger partial charge in [0.1, 0.15) is 0 Å². The van der Waals surface area contributed by atoms with Gasteiger partial charge in [0.05, 0.1) is 11.5 Å². The lowest BCUT2D eigenvalue weighted by molar-refractivity contribution is 0.293. The summed E-state index contributed by atoms with van der Waals surface area (Å²) in [4.78, 5) is 4.68. The van der Waals surface area contributed by atoms with Crippen LogP contribution in [0.1, 0.15) is 30.0 Å². The first kappa shape index (κ1) is 20.2. The quantitative estimate of drug-likeness (QED) is 0.537. The van der Waals surface area contributed by atoms with Gasteiger partial charge < -0.3 is 9.80 Å². The Morgan fingerprint density at radius 3 is 2.33 bits per heavy atom. The maximum Gasteiger partial charge on any atom is 0.0895 e. The predicted octanol–water partition coefficient (Wildman–Crippen LogP) is 5.68. The zero-order valence-electron chi connectivity index (χ0n) is 17.9. The molecule has 0 radical (unpaired) electrons. The number of rotatable bonds is 6. The van der Waals surface area contributed by atoms with Gasteiger partial charge in [-0.15, -0.1) is 0 Å². The Morgan fingerprint density at radius 1 is 0.933 bits per heavy atom. The van der Waals surface area contributed by atoms with Crippen LogP contribution in [0, 0.1) is 11.3 Å². The first-order chi connectivity index (χ1) is 14.7. The first-order valence-electron chi connectivity index (χ1n) is 10.8. The molecule has 0 saturated carbocycles. The Balaban J connectivity index is 1.68. The number of nitriles is 1. The molecule has 0 N–H and O–H groups in total. The molecule has 0 spiro atoms. The summed E-state index contributed by atoms with van der Waals surface area (Å²) in [7, 11) is 2.15. The number of anilines is 2. The van der Waals surface area contributed by atoms with Crippen molar-refractivity contribution in [1.29, 1.82) is 5.26 Å². The van der Waals surface area contributed by atoms with Gasteiger partial charge in [-0.05, 0) is 55.6 Å². The van der Waals surface area contributed by atoms with E-state index in [9.17, 15) is 5.26 Å². The van der Waals surface area contributed by atoms with Crippen LogP contribution < -0.4 is 4.90 Å². The van der Waals surface area contributed by atoms with Gasteiger partial charge in [-0.3, -0.25) is 0 Å². The zero-order chi connectivity index (χ0) is 21.0. The van der Waals surface area contributed by atoms with E-state index >= 15 is 0 Å². The van der Waals surface area contributed by atoms with Crippen LogP contribution in [-0.4, -0.2) is 25.0 Å². The van der Waals surface area contributed by atoms with Gasteiger partial charge in [0.15, 0.2) is 0 Å². The van der Waals surface area contributed by atoms with Gasteiger partial charge in [-0.1, -0.05) is 66.7 Å². The molecule has 3 heteroatoms. The van der Waals surface area contributed by atoms with Crippen LogP contribution in [0.5, 0.6) is 0 Å². The second-order valence-corrected chi connectivity index (χ2v) is 8.23. The summed E-state index contributed by atoms with van der Waals surface area (Å²) in [5.74, 6) is 0. The minimum absolute atomic E-state index is 0.540. The lowest BCUT2D eigenvalue weighted by Crippen LogP contribution is -2.32. The fourth-order valence-corrected chi connectivity index (χ4v) is 4.66. The highest BCUT2D eigenvalue weighted by Crippen LogP contribution is 2.45. The molecular formula is C27H29N3. The molecule has 0 amide bonds. The largest absolute Gasteiger partial charge is 0.341 e. The van der Waals surface area contributed by atoms with E-state index in [1.807, 2.05) is 6.07 Å². The lowest BCUT2D eigenvalue weighted by atomic mass is 9.74. The summed E-state index contributed by atoms with van der Waals surface area (Å²) >= 11 is 0. The topological polar surface area (TPSA) is 30.3 Å². The van der Waals surface area contributed by atoms with Crippen LogP contribution in [0.2, 0.25) is 0 Å². The van der Waals surface area contributed by atoms with Crippen molar-refractivity contribution in [2.24, 2.45) is 0 Å². The summed E-state index contributed by atoms with van der Waals surface area (Å²) < 4.78 is 0. The van der Waals surface area contributed by atoms with Gasteiger partial charge in [-0.2, -0.15) is 5.26 Å². The third kappa shape index (κ3) is 3.84. The van der Waals surface area contributed by atoms with Crippen molar-refractivity contribution in [2.75, 3.05) is 25.0 Å². The van der Waals surface area contributed by atoms with Crippen molar-refractivity contribution in [3.8, 4) is 6.07 Å². The van der Waals surface area contributed by atoms with Crippen LogP contribution in [0.15, 0.2) is 78.9 Å². The summed E-state index contributed by atoms with van der Waals surface area (Å²) in [5, 5.41) is 10.5. The molecule has 3 aromatic rings. The average molecular weight is 396 g/mol. The van der Waals surface area contributed by atoms with E-state index in [-0.39, 0.29) is 0 Å². The molecule has 1 atom stereocenters. The van der Waals surface area contributed by atoms with E-state index in [2.05, 4.69) is 103 Å². The van der Waals surface area contributed by atoms with E-state index in [1.54, 1.807) is 0 Å². The van der Waals surface area contributed by atoms with Gasteiger partial charge in [0.25, 0.3) is 0 Å². The van der Waals surface area contributed by atoms with Crippen molar-refractivity contribution in [3.05, 3.63) is 95.6 Å². The standard InChI is InChI=1S/C27H29N3/c1-3-30-25-15-9-7-13-23(25)19-27(21-28,24-14-8-10-16-26(24)30)17-18-29(2)20-22-11-5-4-6-12-22/h4-16H,3,17-20H2,1-2H3. The third-order valence-corrected chi connectivity index (χ3v) is 6.23. The summed E-state index contributed by atoms with van der Waals surface area (Å²) in [6.45, 7) is 4.82. The lowest BCUT2D eigenvalue weighted by Gasteiger charge is -2.31. The minimum atomic E-state index is -0.540. The third-order valence-electron chi connectivity index (χ3n) is 6.23. The molecule has 0 aromatic heterocycles. The number of benzene rings is 3. The first-order valence-corrected chi connectivity index (χ1v) is 10.8. The second kappa shape index (κ2) is 8.73. The number of hydrogen-bond donors (Lipinski definition) is 0. The highest BCUT2D eigenvalue weighted by Gasteiger charge is 2.39. The molecule has 0 fully saturated rings. The Morgan fingerprint density at radius 2 is 1.60 bits per heavy atom. The van der Waals surface area contributed by atoms with Crippen molar-refractivity contribution < 1.29 is 0 Å². The summed E-state index contributed by atoms with van der Waals surface area (Å²) in [6, 6.07) is 30.3. The van der Waals surface area contributed by atoms with Crippen molar-refractivity contribution >= 4 is 11.4 Å². The van der Waals surface area contributed by atoms with Gasteiger partial charge in [0.2, 0.25) is 0 Å². The number of nitrogens with zero attached hydrogens (tertiary/aromatic N) is 3. The van der Waals surface area contributed by atoms with Crippen LogP contribution in [0.25, 0.3) is 0 Å². The SMILES string of the molecule is CCN1c2ccccc2CC(C#N)(CCN(C)Cc2ccccc2)c2ccccc21. The highest BCUT2D eigenvalue weighted by molar-refractivity contribution is 5.74. The maximum absolute atomic E-state index is 10.5. The Kier molecular flexibility index (Phi) is 5.88. The Hall–Kier alpha value is -3.09. The fourth-order valence-electron chi connectivity index (χ4n) is 4.66. The number of fused-ring (bicyclic) bond motifs is 2. The molecule has 1 aliphatic rings. The molecule has 1 unspecified atom stereocenters. The van der Waals surface area contributed by atoms with E-state index in [0.717, 1.165) is 43.7 Å². The normalized spacial score (nSPS) is 17.7. The van der Waals surface area contributed by atoms with Crippen molar-refractivity contribution in [3.63, 3.8) is 0 Å². The zero-order valence-corrected chi connectivity index (χ0v) is 17.9. The van der Waals surface area contributed by atoms with Crippen molar-refractivity contribution in [1.82, 2.24) is 4.90 Å². The van der Waals surface area contributed by atoms with E-state index < -0.39 is 5.41 Å². The van der Waals surface area contributed by atoms with Crippen LogP contribution >= 0.6 is 0 Å². The molecule has 3 aromatic carbocycles. The molecule has 1 aliphatic heterocycles. The molecule has 0 aliphatic carbocycles. The highest BCUT2D eigenvalue weighted by atomic mass is 15.1. The summed E-state index contributed by atoms with van der Waals surface area (Å²) in [6.07, 6.45) is 1.54. The number of para-hydroxylation sites is 2. The Labute approximate surface area is 180 Å². The molecule has 0 bridgehead atoms. The van der Waals surface area contributed by atoms with Gasteiger partial charge in [0, 0.05) is 31.0 Å². The predicted molar refractivity (Wildman–Crippen MR) is 124 cm³/mol. The smallest absolute Gasteiger partial charge is 0.0895 e. The molecule has 4 rings (SSSR count). The monoisotopic (exact) mass is 395 g/mol. The van der Waals surface area contributed by atoms with E-state index in [1.165, 1.54) is 16.8 Å². The molecule has 152 valence electrons. The van der Waals surface area contributed by atoms with Gasteiger partial charge in [-0.25, -0.2) is 0 Å². The Bertz CT molecular complexity index is 1040. The minimum Gasteiger partial charge on any atom is -0.341 e. The average Bonchev–Trinajstić information content (AvgIpc) is 2.91. The number of hydrogen-bond acceptors (Lipinski definition) is 3. The van der Waals surface area contributed by atoms with Crippen LogP contribution in [-0.2, 0) is 18.4 Å². The molecule has 1 heterocycles. The van der Waals surface area contributed by atoms with Crippen LogP contribution in [0.4, 0.5) is 11.4 Å². The summed E-state index contributed by atoms with van der Waals surface area (Å²) in [5.41, 5.74) is 5.55. The van der Waals surface area contributed by atoms with E-state index in [4.69, 9.17) is 0 Å². The molecule has 30 heavy (non-hydrogen) atoms. The second-order valence-electron chi connectivity index (χ2n) is 8.23. The van der Waals surface area contributed by atoms with E-state index in [0.29, 0.717) is 0 Å². The maximum atomic E-state index is 10.5. The molecule has 3 nitrogen and oxygen atoms in total. The van der Waals surface area contributed by atoms with Crippen molar-refractivity contribution in [2.45, 2.75) is 31.7 Å². The molecule has 0 saturated heterocycles.